The van der Waals surface area contributed by atoms with Gasteiger partial charge in [0.1, 0.15) is 0 Å². The third kappa shape index (κ3) is 4.12. The summed E-state index contributed by atoms with van der Waals surface area (Å²) in [7, 11) is 0. The number of carbonyl (C=O) groups excluding carboxylic acids is 1. The molecule has 0 saturated heterocycles. The molecule has 0 atom stereocenters. The Bertz CT molecular complexity index is 1300. The average molecular weight is 449 g/mol. The first kappa shape index (κ1) is 21.3. The number of amides is 1. The van der Waals surface area contributed by atoms with Crippen LogP contribution in [0.1, 0.15) is 41.4 Å². The number of rotatable bonds is 6. The van der Waals surface area contributed by atoms with Crippen LogP contribution in [0, 0.1) is 17.0 Å². The standard InChI is InChI=1S/C22H20N6O3S/c1-13(2)20-16(11-24-27(20)19-6-4-5-9-23-19)21(29)26-22-25-17(12-32-22)15-8-7-14(3)18(10-15)28(30)31/h4-13H,1-3H3,(H,25,26,29). The number of nitrogens with one attached hydrogen (secondary N) is 1. The SMILES string of the molecule is Cc1ccc(-c2csc(NC(=O)c3cnn(-c4ccccn4)c3C(C)C)n2)cc1[N+](=O)[O-]. The van der Waals surface area contributed by atoms with E-state index in [1.165, 1.54) is 23.6 Å². The molecular formula is C22H20N6O3S. The largest absolute Gasteiger partial charge is 0.298 e. The van der Waals surface area contributed by atoms with Crippen LogP contribution in [0.25, 0.3) is 17.1 Å². The summed E-state index contributed by atoms with van der Waals surface area (Å²) in [5.41, 5.74) is 2.96. The molecule has 10 heteroatoms. The van der Waals surface area contributed by atoms with E-state index in [1.807, 2.05) is 32.0 Å². The number of hydrogen-bond acceptors (Lipinski definition) is 7. The van der Waals surface area contributed by atoms with E-state index in [1.54, 1.807) is 35.3 Å². The van der Waals surface area contributed by atoms with Crippen molar-refractivity contribution in [3.8, 4) is 17.1 Å². The summed E-state index contributed by atoms with van der Waals surface area (Å²) < 4.78 is 1.66. The van der Waals surface area contributed by atoms with Gasteiger partial charge in [-0.2, -0.15) is 5.10 Å². The number of pyridine rings is 1. The predicted octanol–water partition coefficient (Wildman–Crippen LogP) is 4.98. The van der Waals surface area contributed by atoms with Crippen molar-refractivity contribution in [1.29, 1.82) is 0 Å². The molecule has 0 aliphatic carbocycles. The lowest BCUT2D eigenvalue weighted by Crippen LogP contribution is -2.15. The smallest absolute Gasteiger partial charge is 0.272 e. The third-order valence-corrected chi connectivity index (χ3v) is 5.65. The van der Waals surface area contributed by atoms with E-state index in [-0.39, 0.29) is 17.5 Å². The fraction of sp³-hybridized carbons (Fsp3) is 0.182. The normalized spacial score (nSPS) is 11.0. The molecule has 0 spiro atoms. The maximum Gasteiger partial charge on any atom is 0.272 e. The van der Waals surface area contributed by atoms with E-state index in [9.17, 15) is 14.9 Å². The molecule has 1 amide bonds. The van der Waals surface area contributed by atoms with Gasteiger partial charge in [-0.3, -0.25) is 20.2 Å². The Hall–Kier alpha value is -3.92. The van der Waals surface area contributed by atoms with E-state index < -0.39 is 4.92 Å². The highest BCUT2D eigenvalue weighted by Crippen LogP contribution is 2.30. The van der Waals surface area contributed by atoms with Crippen molar-refractivity contribution in [3.05, 3.63) is 81.1 Å². The Balaban J connectivity index is 1.60. The first-order valence-electron chi connectivity index (χ1n) is 9.86. The van der Waals surface area contributed by atoms with Crippen molar-refractivity contribution < 1.29 is 9.72 Å². The molecule has 4 rings (SSSR count). The summed E-state index contributed by atoms with van der Waals surface area (Å²) in [6, 6.07) is 10.5. The second-order valence-corrected chi connectivity index (χ2v) is 8.31. The van der Waals surface area contributed by atoms with Crippen molar-refractivity contribution in [2.75, 3.05) is 5.32 Å². The van der Waals surface area contributed by atoms with Gasteiger partial charge >= 0.3 is 0 Å². The van der Waals surface area contributed by atoms with Gasteiger partial charge in [0.25, 0.3) is 11.6 Å². The molecule has 0 saturated carbocycles. The summed E-state index contributed by atoms with van der Waals surface area (Å²) in [5, 5.41) is 20.6. The number of aryl methyl sites for hydroxylation is 1. The zero-order valence-electron chi connectivity index (χ0n) is 17.6. The van der Waals surface area contributed by atoms with Gasteiger partial charge in [0.2, 0.25) is 0 Å². The highest BCUT2D eigenvalue weighted by molar-refractivity contribution is 7.14. The predicted molar refractivity (Wildman–Crippen MR) is 122 cm³/mol. The molecule has 1 aromatic carbocycles. The van der Waals surface area contributed by atoms with E-state index in [0.29, 0.717) is 33.3 Å². The van der Waals surface area contributed by atoms with Gasteiger partial charge < -0.3 is 0 Å². The lowest BCUT2D eigenvalue weighted by atomic mass is 10.1. The minimum atomic E-state index is -0.416. The summed E-state index contributed by atoms with van der Waals surface area (Å²) in [4.78, 5) is 32.6. The van der Waals surface area contributed by atoms with Gasteiger partial charge in [-0.15, -0.1) is 11.3 Å². The van der Waals surface area contributed by atoms with Crippen LogP contribution in [0.3, 0.4) is 0 Å². The van der Waals surface area contributed by atoms with Crippen LogP contribution in [0.15, 0.2) is 54.2 Å². The number of nitro benzene ring substituents is 1. The Morgan fingerprint density at radius 1 is 1.25 bits per heavy atom. The van der Waals surface area contributed by atoms with Crippen LogP contribution in [0.5, 0.6) is 0 Å². The summed E-state index contributed by atoms with van der Waals surface area (Å²) in [6.07, 6.45) is 3.20. The summed E-state index contributed by atoms with van der Waals surface area (Å²) in [6.45, 7) is 5.66. The second kappa shape index (κ2) is 8.67. The zero-order chi connectivity index (χ0) is 22.8. The number of thiazole rings is 1. The second-order valence-electron chi connectivity index (χ2n) is 7.45. The number of anilines is 1. The van der Waals surface area contributed by atoms with Crippen LogP contribution < -0.4 is 5.32 Å². The highest BCUT2D eigenvalue weighted by atomic mass is 32.1. The molecule has 4 aromatic rings. The van der Waals surface area contributed by atoms with Crippen molar-refractivity contribution in [1.82, 2.24) is 19.7 Å². The minimum absolute atomic E-state index is 0.0280. The number of benzene rings is 1. The van der Waals surface area contributed by atoms with Crippen molar-refractivity contribution in [2.24, 2.45) is 0 Å². The third-order valence-electron chi connectivity index (χ3n) is 4.89. The van der Waals surface area contributed by atoms with E-state index in [4.69, 9.17) is 0 Å². The molecule has 0 bridgehead atoms. The molecule has 3 heterocycles. The molecule has 0 aliphatic heterocycles. The monoisotopic (exact) mass is 448 g/mol. The molecule has 1 N–H and O–H groups in total. The molecule has 0 fully saturated rings. The molecule has 0 radical (unpaired) electrons. The van der Waals surface area contributed by atoms with Crippen LogP contribution in [0.4, 0.5) is 10.8 Å². The number of nitro groups is 1. The molecule has 0 aliphatic rings. The van der Waals surface area contributed by atoms with Gasteiger partial charge in [-0.25, -0.2) is 14.6 Å². The van der Waals surface area contributed by atoms with E-state index in [0.717, 1.165) is 5.69 Å². The lowest BCUT2D eigenvalue weighted by molar-refractivity contribution is -0.385. The van der Waals surface area contributed by atoms with E-state index >= 15 is 0 Å². The zero-order valence-corrected chi connectivity index (χ0v) is 18.5. The molecule has 0 unspecified atom stereocenters. The van der Waals surface area contributed by atoms with Crippen LogP contribution in [-0.2, 0) is 0 Å². The fourth-order valence-corrected chi connectivity index (χ4v) is 4.06. The maximum absolute atomic E-state index is 13.0. The Kier molecular flexibility index (Phi) is 5.78. The molecule has 9 nitrogen and oxygen atoms in total. The van der Waals surface area contributed by atoms with Gasteiger partial charge in [-0.1, -0.05) is 32.0 Å². The average Bonchev–Trinajstić information content (AvgIpc) is 3.42. The van der Waals surface area contributed by atoms with Crippen molar-refractivity contribution in [2.45, 2.75) is 26.7 Å². The van der Waals surface area contributed by atoms with Crippen molar-refractivity contribution >= 4 is 28.1 Å². The van der Waals surface area contributed by atoms with Crippen LogP contribution in [-0.4, -0.2) is 30.6 Å². The van der Waals surface area contributed by atoms with Crippen LogP contribution in [0.2, 0.25) is 0 Å². The van der Waals surface area contributed by atoms with Gasteiger partial charge in [0.15, 0.2) is 10.9 Å². The Labute approximate surface area is 187 Å². The molecule has 32 heavy (non-hydrogen) atoms. The molecule has 3 aromatic heterocycles. The summed E-state index contributed by atoms with van der Waals surface area (Å²) in [5.74, 6) is 0.333. The number of aromatic nitrogens is 4. The van der Waals surface area contributed by atoms with E-state index in [2.05, 4.69) is 20.4 Å². The number of nitrogens with zero attached hydrogens (tertiary/aromatic N) is 5. The van der Waals surface area contributed by atoms with Gasteiger partial charge in [0, 0.05) is 28.8 Å². The van der Waals surface area contributed by atoms with Crippen LogP contribution >= 0.6 is 11.3 Å². The minimum Gasteiger partial charge on any atom is -0.298 e. The highest BCUT2D eigenvalue weighted by Gasteiger charge is 2.22. The number of carbonyl (C=O) groups is 1. The Morgan fingerprint density at radius 3 is 2.75 bits per heavy atom. The quantitative estimate of drug-likeness (QED) is 0.328. The first-order chi connectivity index (χ1) is 15.3. The van der Waals surface area contributed by atoms with Crippen molar-refractivity contribution in [3.63, 3.8) is 0 Å². The first-order valence-corrected chi connectivity index (χ1v) is 10.7. The van der Waals surface area contributed by atoms with Gasteiger partial charge in [-0.05, 0) is 25.0 Å². The Morgan fingerprint density at radius 2 is 2.06 bits per heavy atom. The molecule has 162 valence electrons. The topological polar surface area (TPSA) is 116 Å². The lowest BCUT2D eigenvalue weighted by Gasteiger charge is -2.11. The van der Waals surface area contributed by atoms with Gasteiger partial charge in [0.05, 0.1) is 28.1 Å². The number of hydrogen-bond donors (Lipinski definition) is 1. The maximum atomic E-state index is 13.0. The summed E-state index contributed by atoms with van der Waals surface area (Å²) >= 11 is 1.25. The molecular weight excluding hydrogens is 428 g/mol. The fourth-order valence-electron chi connectivity index (χ4n) is 3.34.